The van der Waals surface area contributed by atoms with Crippen molar-refractivity contribution in [2.75, 3.05) is 0 Å². The Morgan fingerprint density at radius 3 is 2.75 bits per heavy atom. The molecule has 0 bridgehead atoms. The molecule has 0 amide bonds. The van der Waals surface area contributed by atoms with Crippen molar-refractivity contribution in [2.24, 2.45) is 5.92 Å². The monoisotopic (exact) mass is 182 g/mol. The molecule has 1 N–H and O–H groups in total. The van der Waals surface area contributed by atoms with Crippen LogP contribution in [-0.2, 0) is 6.42 Å². The fourth-order valence-corrected chi connectivity index (χ4v) is 1.59. The maximum absolute atomic E-state index is 9.10. The summed E-state index contributed by atoms with van der Waals surface area (Å²) in [7, 11) is 0. The standard InChI is InChI=1S/C10H11ClO/c11-10-6-9(12)4-3-8(10)5-7-1-2-7/h3-4,6-7,12H,1-2,5H2. The largest absolute Gasteiger partial charge is 0.508 e. The van der Waals surface area contributed by atoms with Crippen LogP contribution in [0, 0.1) is 5.92 Å². The molecule has 1 fully saturated rings. The SMILES string of the molecule is Oc1ccc(CC2CC2)c(Cl)c1. The quantitative estimate of drug-likeness (QED) is 0.746. The summed E-state index contributed by atoms with van der Waals surface area (Å²) in [4.78, 5) is 0. The van der Waals surface area contributed by atoms with Gasteiger partial charge in [-0.15, -0.1) is 0 Å². The summed E-state index contributed by atoms with van der Waals surface area (Å²) in [6.07, 6.45) is 3.73. The first kappa shape index (κ1) is 7.93. The zero-order valence-corrected chi connectivity index (χ0v) is 7.51. The van der Waals surface area contributed by atoms with Crippen LogP contribution in [0.3, 0.4) is 0 Å². The summed E-state index contributed by atoms with van der Waals surface area (Å²) in [5.74, 6) is 1.09. The minimum atomic E-state index is 0.250. The fraction of sp³-hybridized carbons (Fsp3) is 0.400. The van der Waals surface area contributed by atoms with E-state index in [4.69, 9.17) is 16.7 Å². The van der Waals surface area contributed by atoms with Gasteiger partial charge in [0, 0.05) is 5.02 Å². The molecule has 2 rings (SSSR count). The van der Waals surface area contributed by atoms with Gasteiger partial charge in [-0.1, -0.05) is 17.7 Å². The van der Waals surface area contributed by atoms with E-state index in [0.29, 0.717) is 5.02 Å². The number of halogens is 1. The molecule has 1 aliphatic carbocycles. The highest BCUT2D eigenvalue weighted by atomic mass is 35.5. The van der Waals surface area contributed by atoms with Crippen molar-refractivity contribution in [1.29, 1.82) is 0 Å². The summed E-state index contributed by atoms with van der Waals surface area (Å²) < 4.78 is 0. The average molecular weight is 183 g/mol. The predicted molar refractivity (Wildman–Crippen MR) is 49.5 cm³/mol. The van der Waals surface area contributed by atoms with Crippen LogP contribution in [0.2, 0.25) is 5.02 Å². The van der Waals surface area contributed by atoms with E-state index in [-0.39, 0.29) is 5.75 Å². The third kappa shape index (κ3) is 1.72. The highest BCUT2D eigenvalue weighted by Gasteiger charge is 2.22. The van der Waals surface area contributed by atoms with Gasteiger partial charge in [0.05, 0.1) is 0 Å². The predicted octanol–water partition coefficient (Wildman–Crippen LogP) is 3.00. The lowest BCUT2D eigenvalue weighted by Gasteiger charge is -2.02. The molecule has 1 saturated carbocycles. The highest BCUT2D eigenvalue weighted by molar-refractivity contribution is 6.31. The van der Waals surface area contributed by atoms with E-state index in [1.807, 2.05) is 6.07 Å². The fourth-order valence-electron chi connectivity index (χ4n) is 1.33. The summed E-state index contributed by atoms with van der Waals surface area (Å²) >= 11 is 5.94. The van der Waals surface area contributed by atoms with E-state index in [9.17, 15) is 0 Å². The molecule has 0 aliphatic heterocycles. The molecule has 0 saturated heterocycles. The molecule has 0 aromatic heterocycles. The number of hydrogen-bond acceptors (Lipinski definition) is 1. The smallest absolute Gasteiger partial charge is 0.117 e. The van der Waals surface area contributed by atoms with Crippen LogP contribution in [0.4, 0.5) is 0 Å². The number of benzene rings is 1. The molecule has 2 heteroatoms. The Morgan fingerprint density at radius 2 is 2.17 bits per heavy atom. The molecular weight excluding hydrogens is 172 g/mol. The third-order valence-electron chi connectivity index (χ3n) is 2.24. The molecule has 0 spiro atoms. The minimum Gasteiger partial charge on any atom is -0.508 e. The van der Waals surface area contributed by atoms with Crippen LogP contribution in [0.5, 0.6) is 5.75 Å². The Hall–Kier alpha value is -0.690. The van der Waals surface area contributed by atoms with E-state index < -0.39 is 0 Å². The molecule has 64 valence electrons. The maximum Gasteiger partial charge on any atom is 0.117 e. The second kappa shape index (κ2) is 2.98. The Kier molecular flexibility index (Phi) is 1.97. The van der Waals surface area contributed by atoms with Gasteiger partial charge >= 0.3 is 0 Å². The van der Waals surface area contributed by atoms with Gasteiger partial charge in [0.25, 0.3) is 0 Å². The first-order chi connectivity index (χ1) is 5.75. The van der Waals surface area contributed by atoms with Crippen molar-refractivity contribution in [2.45, 2.75) is 19.3 Å². The van der Waals surface area contributed by atoms with Crippen molar-refractivity contribution in [3.05, 3.63) is 28.8 Å². The third-order valence-corrected chi connectivity index (χ3v) is 2.59. The van der Waals surface area contributed by atoms with Gasteiger partial charge in [-0.05, 0) is 42.9 Å². The zero-order valence-electron chi connectivity index (χ0n) is 6.76. The van der Waals surface area contributed by atoms with Crippen molar-refractivity contribution < 1.29 is 5.11 Å². The van der Waals surface area contributed by atoms with Crippen LogP contribution >= 0.6 is 11.6 Å². The van der Waals surface area contributed by atoms with Gasteiger partial charge in [-0.25, -0.2) is 0 Å². The summed E-state index contributed by atoms with van der Waals surface area (Å²) in [5, 5.41) is 9.80. The van der Waals surface area contributed by atoms with Crippen molar-refractivity contribution in [3.8, 4) is 5.75 Å². The Bertz CT molecular complexity index is 292. The van der Waals surface area contributed by atoms with Crippen LogP contribution < -0.4 is 0 Å². The lowest BCUT2D eigenvalue weighted by molar-refractivity contribution is 0.475. The Balaban J connectivity index is 2.18. The number of rotatable bonds is 2. The van der Waals surface area contributed by atoms with Crippen LogP contribution in [0.1, 0.15) is 18.4 Å². The molecule has 1 nitrogen and oxygen atoms in total. The van der Waals surface area contributed by atoms with E-state index in [2.05, 4.69) is 0 Å². The van der Waals surface area contributed by atoms with Gasteiger partial charge in [0.2, 0.25) is 0 Å². The molecule has 12 heavy (non-hydrogen) atoms. The maximum atomic E-state index is 9.10. The molecule has 1 aliphatic rings. The van der Waals surface area contributed by atoms with E-state index >= 15 is 0 Å². The lowest BCUT2D eigenvalue weighted by Crippen LogP contribution is -1.87. The van der Waals surface area contributed by atoms with Crippen LogP contribution in [0.15, 0.2) is 18.2 Å². The number of hydrogen-bond donors (Lipinski definition) is 1. The Labute approximate surface area is 77.0 Å². The topological polar surface area (TPSA) is 20.2 Å². The van der Waals surface area contributed by atoms with Crippen molar-refractivity contribution >= 4 is 11.6 Å². The van der Waals surface area contributed by atoms with Gasteiger partial charge in [-0.2, -0.15) is 0 Å². The first-order valence-electron chi connectivity index (χ1n) is 4.23. The molecule has 1 aromatic rings. The summed E-state index contributed by atoms with van der Waals surface area (Å²) in [6.45, 7) is 0. The number of aromatic hydroxyl groups is 1. The van der Waals surface area contributed by atoms with Gasteiger partial charge in [-0.3, -0.25) is 0 Å². The molecule has 1 aromatic carbocycles. The number of phenolic OH excluding ortho intramolecular Hbond substituents is 1. The number of phenols is 1. The van der Waals surface area contributed by atoms with E-state index in [0.717, 1.165) is 17.9 Å². The average Bonchev–Trinajstić information content (AvgIpc) is 2.79. The summed E-state index contributed by atoms with van der Waals surface area (Å²) in [5.41, 5.74) is 1.16. The molecule has 0 atom stereocenters. The van der Waals surface area contributed by atoms with Gasteiger partial charge < -0.3 is 5.11 Å². The van der Waals surface area contributed by atoms with Crippen molar-refractivity contribution in [1.82, 2.24) is 0 Å². The van der Waals surface area contributed by atoms with Crippen LogP contribution in [0.25, 0.3) is 0 Å². The minimum absolute atomic E-state index is 0.250. The van der Waals surface area contributed by atoms with Gasteiger partial charge in [0.15, 0.2) is 0 Å². The summed E-state index contributed by atoms with van der Waals surface area (Å²) in [6, 6.07) is 5.22. The molecule has 0 radical (unpaired) electrons. The molecular formula is C10H11ClO. The highest BCUT2D eigenvalue weighted by Crippen LogP contribution is 2.35. The molecule has 0 unspecified atom stereocenters. The second-order valence-electron chi connectivity index (χ2n) is 3.42. The van der Waals surface area contributed by atoms with Crippen molar-refractivity contribution in [3.63, 3.8) is 0 Å². The Morgan fingerprint density at radius 1 is 1.42 bits per heavy atom. The zero-order chi connectivity index (χ0) is 8.55. The second-order valence-corrected chi connectivity index (χ2v) is 3.83. The molecule has 0 heterocycles. The normalized spacial score (nSPS) is 16.4. The first-order valence-corrected chi connectivity index (χ1v) is 4.61. The van der Waals surface area contributed by atoms with E-state index in [1.54, 1.807) is 12.1 Å². The van der Waals surface area contributed by atoms with Crippen LogP contribution in [-0.4, -0.2) is 5.11 Å². The lowest BCUT2D eigenvalue weighted by atomic mass is 10.1. The van der Waals surface area contributed by atoms with Gasteiger partial charge in [0.1, 0.15) is 5.75 Å². The van der Waals surface area contributed by atoms with E-state index in [1.165, 1.54) is 12.8 Å².